The molecule has 0 atom stereocenters. The highest BCUT2D eigenvalue weighted by Crippen LogP contribution is 2.25. The predicted octanol–water partition coefficient (Wildman–Crippen LogP) is 4.95. The van der Waals surface area contributed by atoms with E-state index in [0.29, 0.717) is 6.54 Å². The maximum absolute atomic E-state index is 13.0. The first kappa shape index (κ1) is 20.3. The van der Waals surface area contributed by atoms with E-state index in [1.54, 1.807) is 12.1 Å². The molecule has 1 saturated heterocycles. The van der Waals surface area contributed by atoms with Crippen LogP contribution < -0.4 is 5.32 Å². The highest BCUT2D eigenvalue weighted by Gasteiger charge is 2.12. The van der Waals surface area contributed by atoms with Crippen LogP contribution in [-0.4, -0.2) is 23.9 Å². The summed E-state index contributed by atoms with van der Waals surface area (Å²) in [6.45, 7) is 3.87. The van der Waals surface area contributed by atoms with Crippen LogP contribution in [0.5, 0.6) is 0 Å². The topological polar surface area (TPSA) is 32.3 Å². The van der Waals surface area contributed by atoms with Crippen molar-refractivity contribution >= 4 is 5.91 Å². The van der Waals surface area contributed by atoms with Crippen molar-refractivity contribution in [2.75, 3.05) is 13.1 Å². The van der Waals surface area contributed by atoms with Gasteiger partial charge in [0.05, 0.1) is 6.42 Å². The lowest BCUT2D eigenvalue weighted by Gasteiger charge is -2.15. The number of hydrogen-bond donors (Lipinski definition) is 1. The second-order valence-electron chi connectivity index (χ2n) is 7.92. The number of benzene rings is 3. The number of carbonyl (C=O) groups is 1. The number of hydrogen-bond acceptors (Lipinski definition) is 2. The summed E-state index contributed by atoms with van der Waals surface area (Å²) in [5, 5.41) is 2.99. The fourth-order valence-corrected chi connectivity index (χ4v) is 3.99. The zero-order valence-corrected chi connectivity index (χ0v) is 17.1. The van der Waals surface area contributed by atoms with Crippen molar-refractivity contribution in [3.8, 4) is 11.1 Å². The van der Waals surface area contributed by atoms with E-state index in [0.717, 1.165) is 28.8 Å². The fraction of sp³-hybridized carbons (Fsp3) is 0.269. The van der Waals surface area contributed by atoms with E-state index in [2.05, 4.69) is 40.5 Å². The Balaban J connectivity index is 1.39. The van der Waals surface area contributed by atoms with Crippen LogP contribution in [0.3, 0.4) is 0 Å². The van der Waals surface area contributed by atoms with Gasteiger partial charge in [0.2, 0.25) is 5.91 Å². The monoisotopic (exact) mass is 402 g/mol. The zero-order chi connectivity index (χ0) is 20.8. The standard InChI is InChI=1S/C26H27FN2O/c27-24-13-9-20(10-14-24)17-26(30)28-18-23-5-1-2-6-25(23)22-11-7-21(8-12-22)19-29-15-3-4-16-29/h1-2,5-14H,3-4,15-19H2,(H,28,30). The molecule has 0 saturated carbocycles. The predicted molar refractivity (Wildman–Crippen MR) is 118 cm³/mol. The van der Waals surface area contributed by atoms with Gasteiger partial charge in [0.25, 0.3) is 0 Å². The van der Waals surface area contributed by atoms with E-state index in [-0.39, 0.29) is 18.1 Å². The maximum Gasteiger partial charge on any atom is 0.224 e. The van der Waals surface area contributed by atoms with E-state index in [4.69, 9.17) is 0 Å². The number of likely N-dealkylation sites (tertiary alicyclic amines) is 1. The Hall–Kier alpha value is -2.98. The van der Waals surface area contributed by atoms with Gasteiger partial charge in [0.1, 0.15) is 5.82 Å². The van der Waals surface area contributed by atoms with Crippen molar-refractivity contribution in [3.63, 3.8) is 0 Å². The van der Waals surface area contributed by atoms with Gasteiger partial charge in [-0.1, -0.05) is 60.7 Å². The molecule has 3 nitrogen and oxygen atoms in total. The van der Waals surface area contributed by atoms with Crippen molar-refractivity contribution < 1.29 is 9.18 Å². The number of halogens is 1. The lowest BCUT2D eigenvalue weighted by atomic mass is 9.98. The molecule has 1 heterocycles. The van der Waals surface area contributed by atoms with E-state index >= 15 is 0 Å². The molecule has 0 bridgehead atoms. The second kappa shape index (κ2) is 9.68. The lowest BCUT2D eigenvalue weighted by Crippen LogP contribution is -2.24. The number of rotatable bonds is 7. The molecule has 4 heteroatoms. The molecule has 3 aromatic carbocycles. The molecule has 0 radical (unpaired) electrons. The normalized spacial score (nSPS) is 14.0. The molecule has 1 aliphatic heterocycles. The van der Waals surface area contributed by atoms with Gasteiger partial charge in [-0.3, -0.25) is 9.69 Å². The Morgan fingerprint density at radius 1 is 0.867 bits per heavy atom. The zero-order valence-electron chi connectivity index (χ0n) is 17.1. The van der Waals surface area contributed by atoms with Crippen LogP contribution in [0.2, 0.25) is 0 Å². The third kappa shape index (κ3) is 5.33. The summed E-state index contributed by atoms with van der Waals surface area (Å²) in [5.41, 5.74) is 5.51. The molecular weight excluding hydrogens is 375 g/mol. The van der Waals surface area contributed by atoms with Crippen molar-refractivity contribution in [1.82, 2.24) is 10.2 Å². The Morgan fingerprint density at radius 2 is 1.53 bits per heavy atom. The van der Waals surface area contributed by atoms with Crippen molar-refractivity contribution in [2.24, 2.45) is 0 Å². The highest BCUT2D eigenvalue weighted by molar-refractivity contribution is 5.79. The van der Waals surface area contributed by atoms with E-state index in [1.165, 1.54) is 43.6 Å². The number of amides is 1. The number of carbonyl (C=O) groups excluding carboxylic acids is 1. The summed E-state index contributed by atoms with van der Waals surface area (Å²) in [7, 11) is 0. The van der Waals surface area contributed by atoms with Crippen LogP contribution in [0.15, 0.2) is 72.8 Å². The van der Waals surface area contributed by atoms with Gasteiger partial charge in [-0.2, -0.15) is 0 Å². The molecule has 0 unspecified atom stereocenters. The van der Waals surface area contributed by atoms with E-state index in [1.807, 2.05) is 18.2 Å². The molecule has 1 fully saturated rings. The highest BCUT2D eigenvalue weighted by atomic mass is 19.1. The molecule has 4 rings (SSSR count). The Kier molecular flexibility index (Phi) is 6.55. The van der Waals surface area contributed by atoms with Crippen molar-refractivity contribution in [3.05, 3.63) is 95.3 Å². The molecule has 154 valence electrons. The van der Waals surface area contributed by atoms with Gasteiger partial charge in [-0.05, 0) is 65.9 Å². The Bertz CT molecular complexity index is 977. The van der Waals surface area contributed by atoms with Gasteiger partial charge in [0, 0.05) is 13.1 Å². The smallest absolute Gasteiger partial charge is 0.224 e. The minimum atomic E-state index is -0.292. The molecule has 0 spiro atoms. The van der Waals surface area contributed by atoms with Gasteiger partial charge >= 0.3 is 0 Å². The summed E-state index contributed by atoms with van der Waals surface area (Å²) in [6.07, 6.45) is 2.85. The van der Waals surface area contributed by atoms with Gasteiger partial charge in [0.15, 0.2) is 0 Å². The second-order valence-corrected chi connectivity index (χ2v) is 7.92. The average molecular weight is 403 g/mol. The fourth-order valence-electron chi connectivity index (χ4n) is 3.99. The van der Waals surface area contributed by atoms with Crippen LogP contribution in [-0.2, 0) is 24.3 Å². The first-order chi connectivity index (χ1) is 14.7. The van der Waals surface area contributed by atoms with Crippen LogP contribution in [0.25, 0.3) is 11.1 Å². The first-order valence-corrected chi connectivity index (χ1v) is 10.6. The molecule has 3 aromatic rings. The summed E-state index contributed by atoms with van der Waals surface area (Å²) in [4.78, 5) is 14.8. The van der Waals surface area contributed by atoms with E-state index in [9.17, 15) is 9.18 Å². The number of nitrogens with zero attached hydrogens (tertiary/aromatic N) is 1. The Labute approximate surface area is 177 Å². The number of nitrogens with one attached hydrogen (secondary N) is 1. The molecule has 30 heavy (non-hydrogen) atoms. The summed E-state index contributed by atoms with van der Waals surface area (Å²) in [5.74, 6) is -0.364. The summed E-state index contributed by atoms with van der Waals surface area (Å²) in [6, 6.07) is 23.0. The molecule has 0 aliphatic carbocycles. The average Bonchev–Trinajstić information content (AvgIpc) is 3.28. The van der Waals surface area contributed by atoms with Crippen molar-refractivity contribution in [2.45, 2.75) is 32.4 Å². The minimum Gasteiger partial charge on any atom is -0.352 e. The molecular formula is C26H27FN2O. The van der Waals surface area contributed by atoms with E-state index < -0.39 is 0 Å². The van der Waals surface area contributed by atoms with Crippen LogP contribution in [0, 0.1) is 5.82 Å². The SMILES string of the molecule is O=C(Cc1ccc(F)cc1)NCc1ccccc1-c1ccc(CN2CCCC2)cc1. The molecule has 1 N–H and O–H groups in total. The molecule has 1 amide bonds. The quantitative estimate of drug-likeness (QED) is 0.607. The van der Waals surface area contributed by atoms with Gasteiger partial charge < -0.3 is 5.32 Å². The van der Waals surface area contributed by atoms with Gasteiger partial charge in [-0.25, -0.2) is 4.39 Å². The largest absolute Gasteiger partial charge is 0.352 e. The third-order valence-electron chi connectivity index (χ3n) is 5.64. The Morgan fingerprint density at radius 3 is 2.27 bits per heavy atom. The maximum atomic E-state index is 13.0. The van der Waals surface area contributed by atoms with Crippen molar-refractivity contribution in [1.29, 1.82) is 0 Å². The third-order valence-corrected chi connectivity index (χ3v) is 5.64. The summed E-state index contributed by atoms with van der Waals surface area (Å²) >= 11 is 0. The molecule has 0 aromatic heterocycles. The minimum absolute atomic E-state index is 0.0719. The lowest BCUT2D eigenvalue weighted by molar-refractivity contribution is -0.120. The van der Waals surface area contributed by atoms with Gasteiger partial charge in [-0.15, -0.1) is 0 Å². The first-order valence-electron chi connectivity index (χ1n) is 10.6. The molecule has 1 aliphatic rings. The van der Waals surface area contributed by atoms with Crippen LogP contribution >= 0.6 is 0 Å². The van der Waals surface area contributed by atoms with Crippen LogP contribution in [0.1, 0.15) is 29.5 Å². The van der Waals surface area contributed by atoms with Crippen LogP contribution in [0.4, 0.5) is 4.39 Å². The summed E-state index contributed by atoms with van der Waals surface area (Å²) < 4.78 is 13.0.